The van der Waals surface area contributed by atoms with Crippen LogP contribution in [0, 0.1) is 0 Å². The number of aliphatic hydroxyl groups is 1. The molecule has 1 N–H and O–H groups in total. The predicted octanol–water partition coefficient (Wildman–Crippen LogP) is 8.52. The largest absolute Gasteiger partial charge is 0.388 e. The molecule has 0 fully saturated rings. The molecule has 0 heterocycles. The zero-order valence-corrected chi connectivity index (χ0v) is 20.0. The number of rotatable bonds is 5. The average molecular weight is 551 g/mol. The SMILES string of the molecule is CCCC(O)c1c(C(Cl)(Cl)C(Cl)(Cl)Cl)cccc1C(Cl)(Cl)C(Cl)(Cl)Cl. The second-order valence-corrected chi connectivity index (χ2v) is 12.4. The van der Waals surface area contributed by atoms with Crippen LogP contribution in [0.3, 0.4) is 0 Å². The third-order valence-corrected chi connectivity index (χ3v) is 8.20. The Morgan fingerprint density at radius 1 is 0.800 bits per heavy atom. The van der Waals surface area contributed by atoms with E-state index in [1.807, 2.05) is 6.92 Å². The smallest absolute Gasteiger partial charge is 0.227 e. The van der Waals surface area contributed by atoms with Gasteiger partial charge in [0.25, 0.3) is 0 Å². The Balaban J connectivity index is 3.81. The van der Waals surface area contributed by atoms with Crippen LogP contribution in [0.1, 0.15) is 42.6 Å². The summed E-state index contributed by atoms with van der Waals surface area (Å²) in [5, 5.41) is 10.6. The zero-order valence-electron chi connectivity index (χ0n) is 12.5. The van der Waals surface area contributed by atoms with Gasteiger partial charge in [0.1, 0.15) is 0 Å². The summed E-state index contributed by atoms with van der Waals surface area (Å²) in [5.74, 6) is 0. The van der Waals surface area contributed by atoms with E-state index in [1.165, 1.54) is 18.2 Å². The van der Waals surface area contributed by atoms with Crippen LogP contribution in [0.15, 0.2) is 18.2 Å². The zero-order chi connectivity index (χ0) is 19.8. The van der Waals surface area contributed by atoms with E-state index in [0.717, 1.165) is 0 Å². The molecule has 0 aromatic heterocycles. The standard InChI is InChI=1S/C14H12Cl10O/c1-2-4-9(25)10-7(11(15,16)13(19,20)21)5-3-6-8(10)12(17,18)14(22,23)24/h3,5-6,9,25H,2,4H2,1H3. The van der Waals surface area contributed by atoms with Gasteiger partial charge in [-0.1, -0.05) is 148 Å². The van der Waals surface area contributed by atoms with Crippen LogP contribution in [0.25, 0.3) is 0 Å². The number of hydrogen-bond donors (Lipinski definition) is 1. The maximum absolute atomic E-state index is 10.6. The molecule has 1 aromatic rings. The van der Waals surface area contributed by atoms with E-state index in [-0.39, 0.29) is 16.7 Å². The molecule has 0 aliphatic carbocycles. The quantitative estimate of drug-likeness (QED) is 0.364. The summed E-state index contributed by atoms with van der Waals surface area (Å²) in [7, 11) is 0. The fourth-order valence-corrected chi connectivity index (χ4v) is 3.46. The fourth-order valence-electron chi connectivity index (χ4n) is 2.19. The van der Waals surface area contributed by atoms with E-state index >= 15 is 0 Å². The Kier molecular flexibility index (Phi) is 8.88. The summed E-state index contributed by atoms with van der Waals surface area (Å²) in [6.45, 7) is 1.86. The molecule has 11 heteroatoms. The summed E-state index contributed by atoms with van der Waals surface area (Å²) in [6, 6.07) is 4.45. The van der Waals surface area contributed by atoms with Crippen molar-refractivity contribution in [2.45, 2.75) is 42.1 Å². The monoisotopic (exact) mass is 546 g/mol. The molecule has 0 radical (unpaired) electrons. The van der Waals surface area contributed by atoms with E-state index in [4.69, 9.17) is 116 Å². The van der Waals surface area contributed by atoms with Crippen molar-refractivity contribution >= 4 is 116 Å². The molecule has 1 atom stereocenters. The van der Waals surface area contributed by atoms with Crippen LogP contribution < -0.4 is 0 Å². The highest BCUT2D eigenvalue weighted by Gasteiger charge is 2.53. The molecule has 0 aliphatic heterocycles. The molecule has 0 bridgehead atoms. The highest BCUT2D eigenvalue weighted by atomic mass is 35.6. The lowest BCUT2D eigenvalue weighted by atomic mass is 9.90. The van der Waals surface area contributed by atoms with Crippen molar-refractivity contribution < 1.29 is 5.11 Å². The first-order valence-electron chi connectivity index (χ1n) is 6.80. The first kappa shape index (κ1) is 25.1. The van der Waals surface area contributed by atoms with Gasteiger partial charge in [-0.15, -0.1) is 0 Å². The molecular formula is C14H12Cl10O. The van der Waals surface area contributed by atoms with E-state index in [9.17, 15) is 5.11 Å². The van der Waals surface area contributed by atoms with Crippen LogP contribution in [0.5, 0.6) is 0 Å². The van der Waals surface area contributed by atoms with Crippen molar-refractivity contribution in [1.82, 2.24) is 0 Å². The van der Waals surface area contributed by atoms with Gasteiger partial charge in [-0.05, 0) is 23.1 Å². The predicted molar refractivity (Wildman–Crippen MR) is 114 cm³/mol. The Morgan fingerprint density at radius 2 is 1.16 bits per heavy atom. The minimum Gasteiger partial charge on any atom is -0.388 e. The van der Waals surface area contributed by atoms with Crippen molar-refractivity contribution in [3.63, 3.8) is 0 Å². The minimum absolute atomic E-state index is 0.0919. The van der Waals surface area contributed by atoms with Crippen molar-refractivity contribution in [2.75, 3.05) is 0 Å². The normalized spacial score (nSPS) is 15.4. The van der Waals surface area contributed by atoms with E-state index in [0.29, 0.717) is 12.8 Å². The van der Waals surface area contributed by atoms with Gasteiger partial charge in [0, 0.05) is 0 Å². The molecule has 1 rings (SSSR count). The van der Waals surface area contributed by atoms with Gasteiger partial charge in [0.15, 0.2) is 8.67 Å². The lowest BCUT2D eigenvalue weighted by Crippen LogP contribution is -2.34. The lowest BCUT2D eigenvalue weighted by molar-refractivity contribution is 0.163. The van der Waals surface area contributed by atoms with E-state index in [1.54, 1.807) is 0 Å². The molecular weight excluding hydrogens is 539 g/mol. The van der Waals surface area contributed by atoms with E-state index < -0.39 is 22.4 Å². The molecule has 0 spiro atoms. The minimum atomic E-state index is -2.13. The summed E-state index contributed by atoms with van der Waals surface area (Å²) < 4.78 is -8.32. The Morgan fingerprint density at radius 3 is 1.44 bits per heavy atom. The topological polar surface area (TPSA) is 20.2 Å². The molecule has 1 aromatic carbocycles. The molecule has 144 valence electrons. The van der Waals surface area contributed by atoms with Crippen molar-refractivity contribution in [2.24, 2.45) is 0 Å². The molecule has 1 nitrogen and oxygen atoms in total. The second-order valence-electron chi connectivity index (χ2n) is 5.22. The summed E-state index contributed by atoms with van der Waals surface area (Å²) in [4.78, 5) is 0. The highest BCUT2D eigenvalue weighted by Crippen LogP contribution is 2.58. The molecule has 0 aliphatic rings. The van der Waals surface area contributed by atoms with Crippen molar-refractivity contribution in [1.29, 1.82) is 0 Å². The van der Waals surface area contributed by atoms with Crippen LogP contribution in [0.4, 0.5) is 0 Å². The maximum atomic E-state index is 10.6. The van der Waals surface area contributed by atoms with Crippen LogP contribution in [-0.2, 0) is 8.67 Å². The highest BCUT2D eigenvalue weighted by molar-refractivity contribution is 6.76. The van der Waals surface area contributed by atoms with Gasteiger partial charge in [-0.3, -0.25) is 0 Å². The maximum Gasteiger partial charge on any atom is 0.227 e. The van der Waals surface area contributed by atoms with Gasteiger partial charge in [0.05, 0.1) is 6.10 Å². The summed E-state index contributed by atoms with van der Waals surface area (Å²) in [5.41, 5.74) is 0.320. The number of hydrogen-bond acceptors (Lipinski definition) is 1. The third-order valence-electron chi connectivity index (χ3n) is 3.39. The number of aliphatic hydroxyl groups excluding tert-OH is 1. The van der Waals surface area contributed by atoms with Gasteiger partial charge in [-0.2, -0.15) is 0 Å². The molecule has 0 amide bonds. The lowest BCUT2D eigenvalue weighted by Gasteiger charge is -2.36. The van der Waals surface area contributed by atoms with Gasteiger partial charge in [-0.25, -0.2) is 0 Å². The average Bonchev–Trinajstić information content (AvgIpc) is 2.44. The van der Waals surface area contributed by atoms with Gasteiger partial charge in [0.2, 0.25) is 7.59 Å². The van der Waals surface area contributed by atoms with Crippen LogP contribution in [0.2, 0.25) is 0 Å². The Hall–Kier alpha value is 2.08. The first-order valence-corrected chi connectivity index (χ1v) is 10.6. The fraction of sp³-hybridized carbons (Fsp3) is 0.571. The molecule has 0 saturated heterocycles. The number of benzene rings is 1. The number of alkyl halides is 10. The van der Waals surface area contributed by atoms with Crippen molar-refractivity contribution in [3.8, 4) is 0 Å². The molecule has 25 heavy (non-hydrogen) atoms. The Bertz CT molecular complexity index is 558. The van der Waals surface area contributed by atoms with E-state index in [2.05, 4.69) is 0 Å². The molecule has 1 unspecified atom stereocenters. The van der Waals surface area contributed by atoms with Crippen molar-refractivity contribution in [3.05, 3.63) is 34.9 Å². The first-order chi connectivity index (χ1) is 11.1. The third kappa shape index (κ3) is 5.37. The Labute approximate surface area is 196 Å². The van der Waals surface area contributed by atoms with Crippen LogP contribution in [-0.4, -0.2) is 12.7 Å². The van der Waals surface area contributed by atoms with Gasteiger partial charge >= 0.3 is 0 Å². The summed E-state index contributed by atoms with van der Waals surface area (Å²) in [6.07, 6.45) is -0.159. The number of halogens is 10. The second kappa shape index (κ2) is 8.84. The molecule has 0 saturated carbocycles. The van der Waals surface area contributed by atoms with Crippen LogP contribution >= 0.6 is 116 Å². The van der Waals surface area contributed by atoms with Gasteiger partial charge < -0.3 is 5.11 Å². The summed E-state index contributed by atoms with van der Waals surface area (Å²) >= 11 is 60.7.